The fourth-order valence-electron chi connectivity index (χ4n) is 2.02. The fraction of sp³-hybridized carbons (Fsp3) is 0.545. The first-order chi connectivity index (χ1) is 8.88. The standard InChI is InChI=1S/C11H17N3O3S2.ClH/c1-7-2-3-13-5-9(7)14-11(15)8-4-10(18-6-8)19(12,16)17;/h4,6-7,9,13H,2-3,5H2,1H3,(H,14,15)(H2,12,16,17);1H. The molecule has 2 heterocycles. The van der Waals surface area contributed by atoms with Crippen LogP contribution in [0.25, 0.3) is 0 Å². The van der Waals surface area contributed by atoms with Crippen LogP contribution in [-0.4, -0.2) is 33.5 Å². The number of carbonyl (C=O) groups is 1. The molecule has 9 heteroatoms. The Labute approximate surface area is 128 Å². The smallest absolute Gasteiger partial charge is 0.252 e. The van der Waals surface area contributed by atoms with Crippen molar-refractivity contribution in [2.24, 2.45) is 11.1 Å². The van der Waals surface area contributed by atoms with Crippen molar-refractivity contribution >= 4 is 39.7 Å². The van der Waals surface area contributed by atoms with Crippen LogP contribution in [0.4, 0.5) is 0 Å². The lowest BCUT2D eigenvalue weighted by molar-refractivity contribution is 0.0915. The Kier molecular flexibility index (Phi) is 5.96. The van der Waals surface area contributed by atoms with E-state index in [0.29, 0.717) is 11.5 Å². The Hall–Kier alpha value is -0.670. The molecular formula is C11H18ClN3O3S2. The van der Waals surface area contributed by atoms with E-state index in [1.807, 2.05) is 0 Å². The summed E-state index contributed by atoms with van der Waals surface area (Å²) in [5.41, 5.74) is 0.340. The predicted octanol–water partition coefficient (Wildman–Crippen LogP) is 0.545. The highest BCUT2D eigenvalue weighted by atomic mass is 35.5. The number of nitrogens with one attached hydrogen (secondary N) is 2. The van der Waals surface area contributed by atoms with Crippen LogP contribution < -0.4 is 15.8 Å². The molecule has 1 aromatic rings. The lowest BCUT2D eigenvalue weighted by atomic mass is 9.94. The third-order valence-electron chi connectivity index (χ3n) is 3.26. The molecule has 4 N–H and O–H groups in total. The second-order valence-corrected chi connectivity index (χ2v) is 7.45. The van der Waals surface area contributed by atoms with E-state index in [9.17, 15) is 13.2 Å². The Morgan fingerprint density at radius 3 is 2.80 bits per heavy atom. The summed E-state index contributed by atoms with van der Waals surface area (Å²) < 4.78 is 22.3. The molecule has 0 saturated carbocycles. The molecule has 1 aliphatic heterocycles. The van der Waals surface area contributed by atoms with Crippen molar-refractivity contribution in [3.05, 3.63) is 17.0 Å². The van der Waals surface area contributed by atoms with E-state index < -0.39 is 10.0 Å². The van der Waals surface area contributed by atoms with Gasteiger partial charge in [-0.2, -0.15) is 0 Å². The summed E-state index contributed by atoms with van der Waals surface area (Å²) in [4.78, 5) is 12.0. The molecule has 1 saturated heterocycles. The zero-order valence-electron chi connectivity index (χ0n) is 11.0. The normalized spacial score (nSPS) is 22.9. The zero-order valence-corrected chi connectivity index (χ0v) is 13.4. The number of thiophene rings is 1. The number of piperidine rings is 1. The molecule has 0 aromatic carbocycles. The van der Waals surface area contributed by atoms with Gasteiger partial charge in [-0.15, -0.1) is 23.7 Å². The van der Waals surface area contributed by atoms with Crippen LogP contribution in [0.2, 0.25) is 0 Å². The lowest BCUT2D eigenvalue weighted by Gasteiger charge is -2.30. The molecule has 20 heavy (non-hydrogen) atoms. The number of primary sulfonamides is 1. The summed E-state index contributed by atoms with van der Waals surface area (Å²) in [5, 5.41) is 12.7. The molecule has 1 aliphatic rings. The molecule has 0 radical (unpaired) electrons. The SMILES string of the molecule is CC1CCNCC1NC(=O)c1csc(S(N)(=O)=O)c1.Cl. The predicted molar refractivity (Wildman–Crippen MR) is 80.8 cm³/mol. The molecular weight excluding hydrogens is 322 g/mol. The van der Waals surface area contributed by atoms with E-state index in [2.05, 4.69) is 17.6 Å². The number of hydrogen-bond donors (Lipinski definition) is 3. The largest absolute Gasteiger partial charge is 0.348 e. The average molecular weight is 340 g/mol. The molecule has 0 aliphatic carbocycles. The molecule has 6 nitrogen and oxygen atoms in total. The summed E-state index contributed by atoms with van der Waals surface area (Å²) in [6.45, 7) is 3.79. The summed E-state index contributed by atoms with van der Waals surface area (Å²) in [6.07, 6.45) is 1.01. The number of rotatable bonds is 3. The summed E-state index contributed by atoms with van der Waals surface area (Å²) in [5.74, 6) is 0.147. The van der Waals surface area contributed by atoms with E-state index in [1.165, 1.54) is 11.4 Å². The first-order valence-electron chi connectivity index (χ1n) is 6.01. The van der Waals surface area contributed by atoms with Gasteiger partial charge in [-0.3, -0.25) is 4.79 Å². The van der Waals surface area contributed by atoms with E-state index in [1.54, 1.807) is 0 Å². The third-order valence-corrected chi connectivity index (χ3v) is 5.65. The van der Waals surface area contributed by atoms with Gasteiger partial charge < -0.3 is 10.6 Å². The van der Waals surface area contributed by atoms with Crippen LogP contribution in [0, 0.1) is 5.92 Å². The van der Waals surface area contributed by atoms with Crippen LogP contribution in [0.15, 0.2) is 15.7 Å². The zero-order chi connectivity index (χ0) is 14.0. The van der Waals surface area contributed by atoms with Gasteiger partial charge in [-0.25, -0.2) is 13.6 Å². The summed E-state index contributed by atoms with van der Waals surface area (Å²) >= 11 is 0.958. The minimum Gasteiger partial charge on any atom is -0.348 e. The van der Waals surface area contributed by atoms with Gasteiger partial charge in [0, 0.05) is 18.0 Å². The van der Waals surface area contributed by atoms with Crippen molar-refractivity contribution < 1.29 is 13.2 Å². The molecule has 2 atom stereocenters. The Morgan fingerprint density at radius 1 is 1.55 bits per heavy atom. The van der Waals surface area contributed by atoms with Crippen LogP contribution in [0.1, 0.15) is 23.7 Å². The maximum atomic E-state index is 12.0. The van der Waals surface area contributed by atoms with Gasteiger partial charge in [0.25, 0.3) is 5.91 Å². The summed E-state index contributed by atoms with van der Waals surface area (Å²) in [7, 11) is -3.73. The number of carbonyl (C=O) groups excluding carboxylic acids is 1. The molecule has 0 bridgehead atoms. The van der Waals surface area contributed by atoms with Crippen molar-refractivity contribution in [1.29, 1.82) is 0 Å². The van der Waals surface area contributed by atoms with Crippen molar-refractivity contribution in [3.63, 3.8) is 0 Å². The highest BCUT2D eigenvalue weighted by molar-refractivity contribution is 7.91. The molecule has 1 aromatic heterocycles. The molecule has 2 rings (SSSR count). The number of nitrogens with two attached hydrogens (primary N) is 1. The van der Waals surface area contributed by atoms with Gasteiger partial charge in [0.05, 0.1) is 5.56 Å². The molecule has 1 fully saturated rings. The van der Waals surface area contributed by atoms with E-state index in [-0.39, 0.29) is 28.6 Å². The van der Waals surface area contributed by atoms with Crippen molar-refractivity contribution in [2.75, 3.05) is 13.1 Å². The van der Waals surface area contributed by atoms with Gasteiger partial charge in [0.15, 0.2) is 0 Å². The topological polar surface area (TPSA) is 101 Å². The third kappa shape index (κ3) is 4.16. The Morgan fingerprint density at radius 2 is 2.25 bits per heavy atom. The van der Waals surface area contributed by atoms with Gasteiger partial charge in [-0.05, 0) is 24.9 Å². The highest BCUT2D eigenvalue weighted by Crippen LogP contribution is 2.19. The quantitative estimate of drug-likeness (QED) is 0.748. The van der Waals surface area contributed by atoms with Gasteiger partial charge in [0.1, 0.15) is 4.21 Å². The van der Waals surface area contributed by atoms with Crippen molar-refractivity contribution in [3.8, 4) is 0 Å². The van der Waals surface area contributed by atoms with Crippen LogP contribution in [-0.2, 0) is 10.0 Å². The second kappa shape index (κ2) is 6.86. The van der Waals surface area contributed by atoms with Gasteiger partial charge >= 0.3 is 0 Å². The van der Waals surface area contributed by atoms with Crippen LogP contribution in [0.5, 0.6) is 0 Å². The first-order valence-corrected chi connectivity index (χ1v) is 8.43. The number of halogens is 1. The highest BCUT2D eigenvalue weighted by Gasteiger charge is 2.24. The summed E-state index contributed by atoms with van der Waals surface area (Å²) in [6, 6.07) is 1.38. The van der Waals surface area contributed by atoms with Gasteiger partial charge in [-0.1, -0.05) is 6.92 Å². The van der Waals surface area contributed by atoms with Crippen molar-refractivity contribution in [2.45, 2.75) is 23.6 Å². The number of sulfonamides is 1. The molecule has 0 spiro atoms. The Balaban J connectivity index is 0.00000200. The van der Waals surface area contributed by atoms with Gasteiger partial charge in [0.2, 0.25) is 10.0 Å². The van der Waals surface area contributed by atoms with E-state index in [4.69, 9.17) is 5.14 Å². The number of hydrogen-bond acceptors (Lipinski definition) is 5. The second-order valence-electron chi connectivity index (χ2n) is 4.75. The number of amides is 1. The molecule has 114 valence electrons. The monoisotopic (exact) mass is 339 g/mol. The lowest BCUT2D eigenvalue weighted by Crippen LogP contribution is -2.50. The van der Waals surface area contributed by atoms with Crippen LogP contribution in [0.3, 0.4) is 0 Å². The maximum Gasteiger partial charge on any atom is 0.252 e. The van der Waals surface area contributed by atoms with E-state index >= 15 is 0 Å². The molecule has 2 unspecified atom stereocenters. The van der Waals surface area contributed by atoms with E-state index in [0.717, 1.165) is 30.8 Å². The van der Waals surface area contributed by atoms with Crippen molar-refractivity contribution in [1.82, 2.24) is 10.6 Å². The van der Waals surface area contributed by atoms with Crippen LogP contribution >= 0.6 is 23.7 Å². The minimum absolute atomic E-state index is 0. The average Bonchev–Trinajstić information content (AvgIpc) is 2.81. The minimum atomic E-state index is -3.73. The molecule has 1 amide bonds. The first kappa shape index (κ1) is 17.4. The fourth-order valence-corrected chi connectivity index (χ4v) is 3.60. The Bertz CT molecular complexity index is 573. The maximum absolute atomic E-state index is 12.0.